The highest BCUT2D eigenvalue weighted by Gasteiger charge is 2.12. The van der Waals surface area contributed by atoms with Crippen molar-refractivity contribution in [3.8, 4) is 33.6 Å². The Morgan fingerprint density at radius 2 is 1.21 bits per heavy atom. The molecule has 0 amide bonds. The molecule has 5 aromatic rings. The molecule has 0 fully saturated rings. The summed E-state index contributed by atoms with van der Waals surface area (Å²) in [7, 11) is 2.13. The van der Waals surface area contributed by atoms with Crippen LogP contribution in [0.2, 0.25) is 0 Å². The number of hydrogen-bond donors (Lipinski definition) is 2. The van der Waals surface area contributed by atoms with Crippen LogP contribution >= 0.6 is 0 Å². The third-order valence-corrected chi connectivity index (χ3v) is 7.78. The third kappa shape index (κ3) is 7.00. The molecule has 0 saturated heterocycles. The van der Waals surface area contributed by atoms with Gasteiger partial charge in [-0.25, -0.2) is 9.97 Å². The number of imidazole rings is 2. The predicted molar refractivity (Wildman–Crippen MR) is 176 cm³/mol. The minimum Gasteiger partial charge on any atom is -0.368 e. The highest BCUT2D eigenvalue weighted by Crippen LogP contribution is 2.29. The van der Waals surface area contributed by atoms with Crippen molar-refractivity contribution < 1.29 is 0 Å². The molecule has 0 spiro atoms. The zero-order chi connectivity index (χ0) is 29.5. The van der Waals surface area contributed by atoms with Crippen LogP contribution in [0.1, 0.15) is 58.1 Å². The van der Waals surface area contributed by atoms with E-state index in [0.29, 0.717) is 0 Å². The Labute approximate surface area is 250 Å². The summed E-state index contributed by atoms with van der Waals surface area (Å²) >= 11 is 0. The molecule has 42 heavy (non-hydrogen) atoms. The Balaban J connectivity index is 1.28. The van der Waals surface area contributed by atoms with E-state index < -0.39 is 0 Å². The Bertz CT molecular complexity index is 1610. The largest absolute Gasteiger partial charge is 0.368 e. The fourth-order valence-electron chi connectivity index (χ4n) is 5.58. The Hall–Kier alpha value is -4.16. The molecule has 2 N–H and O–H groups in total. The molecule has 218 valence electrons. The van der Waals surface area contributed by atoms with Gasteiger partial charge in [-0.1, -0.05) is 82.3 Å². The number of hydrogen-bond acceptors (Lipinski definition) is 4. The number of aromatic nitrogens is 4. The number of allylic oxidation sites excluding steroid dienone is 1. The van der Waals surface area contributed by atoms with E-state index in [4.69, 9.17) is 4.98 Å². The number of nitrogens with zero attached hydrogens (tertiary/aromatic N) is 4. The summed E-state index contributed by atoms with van der Waals surface area (Å²) in [6, 6.07) is 22.0. The third-order valence-electron chi connectivity index (χ3n) is 7.78. The van der Waals surface area contributed by atoms with Gasteiger partial charge >= 0.3 is 0 Å². The smallest absolute Gasteiger partial charge is 0.126 e. The van der Waals surface area contributed by atoms with Crippen molar-refractivity contribution in [2.24, 2.45) is 0 Å². The van der Waals surface area contributed by atoms with E-state index in [-0.39, 0.29) is 0 Å². The van der Waals surface area contributed by atoms with Crippen LogP contribution in [0.15, 0.2) is 85.3 Å². The Morgan fingerprint density at radius 1 is 0.667 bits per heavy atom. The van der Waals surface area contributed by atoms with Gasteiger partial charge in [0.15, 0.2) is 0 Å². The first kappa shape index (κ1) is 29.3. The van der Waals surface area contributed by atoms with Gasteiger partial charge in [-0.3, -0.25) is 4.90 Å². The van der Waals surface area contributed by atoms with E-state index in [2.05, 4.69) is 120 Å². The van der Waals surface area contributed by atoms with Crippen LogP contribution in [0.25, 0.3) is 44.4 Å². The zero-order valence-corrected chi connectivity index (χ0v) is 25.6. The molecule has 0 radical (unpaired) electrons. The molecule has 2 aromatic heterocycles. The van der Waals surface area contributed by atoms with Gasteiger partial charge in [0.1, 0.15) is 11.6 Å². The van der Waals surface area contributed by atoms with E-state index in [1.807, 2.05) is 12.4 Å². The highest BCUT2D eigenvalue weighted by atomic mass is 15.2. The fourth-order valence-corrected chi connectivity index (χ4v) is 5.58. The second-order valence-electron chi connectivity index (χ2n) is 11.3. The number of fused-ring (bicyclic) bond motifs is 1. The average Bonchev–Trinajstić information content (AvgIpc) is 3.67. The maximum atomic E-state index is 4.69. The van der Waals surface area contributed by atoms with Crippen molar-refractivity contribution in [3.05, 3.63) is 97.0 Å². The number of benzene rings is 3. The van der Waals surface area contributed by atoms with Gasteiger partial charge in [0.2, 0.25) is 0 Å². The Kier molecular flexibility index (Phi) is 9.55. The van der Waals surface area contributed by atoms with Crippen LogP contribution in [0, 0.1) is 0 Å². The lowest BCUT2D eigenvalue weighted by atomic mass is 9.98. The van der Waals surface area contributed by atoms with Crippen LogP contribution in [0.3, 0.4) is 0 Å². The van der Waals surface area contributed by atoms with Gasteiger partial charge < -0.3 is 14.9 Å². The first-order chi connectivity index (χ1) is 20.5. The maximum Gasteiger partial charge on any atom is 0.126 e. The van der Waals surface area contributed by atoms with E-state index in [9.17, 15) is 0 Å². The van der Waals surface area contributed by atoms with Gasteiger partial charge in [0, 0.05) is 17.8 Å². The summed E-state index contributed by atoms with van der Waals surface area (Å²) in [6.07, 6.45) is 8.25. The fraction of sp³-hybridized carbons (Fsp3) is 0.333. The van der Waals surface area contributed by atoms with Crippen LogP contribution in [-0.4, -0.2) is 49.9 Å². The topological polar surface area (TPSA) is 63.8 Å². The summed E-state index contributed by atoms with van der Waals surface area (Å²) in [6.45, 7) is 14.6. The maximum absolute atomic E-state index is 4.69. The number of H-pyrrole nitrogens is 2. The molecule has 0 aliphatic heterocycles. The minimum atomic E-state index is 0.764. The van der Waals surface area contributed by atoms with Crippen molar-refractivity contribution >= 4 is 10.8 Å². The monoisotopic (exact) mass is 560 g/mol. The van der Waals surface area contributed by atoms with Crippen molar-refractivity contribution in [2.45, 2.75) is 59.5 Å². The predicted octanol–water partition coefficient (Wildman–Crippen LogP) is 8.65. The van der Waals surface area contributed by atoms with Gasteiger partial charge in [-0.2, -0.15) is 0 Å². The quantitative estimate of drug-likeness (QED) is 0.143. The summed E-state index contributed by atoms with van der Waals surface area (Å²) in [5.74, 6) is 1.98. The number of rotatable bonds is 14. The summed E-state index contributed by atoms with van der Waals surface area (Å²) < 4.78 is 0. The SMILES string of the molecule is C=C(CCC)N(CCC)Cc1ncc(-c2ccc3cc(-c4ccc(-c5cnc(CN(C)CCC)[nH]5)cc4)ccc3c2)[nH]1. The molecule has 0 aliphatic rings. The van der Waals surface area contributed by atoms with Crippen LogP contribution in [-0.2, 0) is 13.1 Å². The van der Waals surface area contributed by atoms with Gasteiger partial charge in [-0.05, 0) is 72.5 Å². The van der Waals surface area contributed by atoms with E-state index in [0.717, 1.165) is 86.0 Å². The van der Waals surface area contributed by atoms with Crippen LogP contribution < -0.4 is 0 Å². The molecule has 6 nitrogen and oxygen atoms in total. The Morgan fingerprint density at radius 3 is 1.86 bits per heavy atom. The van der Waals surface area contributed by atoms with Crippen LogP contribution in [0.5, 0.6) is 0 Å². The molecule has 3 aromatic carbocycles. The van der Waals surface area contributed by atoms with Gasteiger partial charge in [0.25, 0.3) is 0 Å². The lowest BCUT2D eigenvalue weighted by Gasteiger charge is -2.25. The van der Waals surface area contributed by atoms with Crippen molar-refractivity contribution in [1.29, 1.82) is 0 Å². The highest BCUT2D eigenvalue weighted by molar-refractivity contribution is 5.90. The normalized spacial score (nSPS) is 11.5. The first-order valence-corrected chi connectivity index (χ1v) is 15.3. The average molecular weight is 561 g/mol. The van der Waals surface area contributed by atoms with E-state index in [1.165, 1.54) is 27.6 Å². The molecule has 0 aliphatic carbocycles. The molecule has 0 atom stereocenters. The zero-order valence-electron chi connectivity index (χ0n) is 25.6. The minimum absolute atomic E-state index is 0.764. The van der Waals surface area contributed by atoms with Crippen molar-refractivity contribution in [2.75, 3.05) is 20.1 Å². The molecule has 0 bridgehead atoms. The first-order valence-electron chi connectivity index (χ1n) is 15.3. The molecule has 0 unspecified atom stereocenters. The summed E-state index contributed by atoms with van der Waals surface area (Å²) in [4.78, 5) is 20.9. The molecular weight excluding hydrogens is 516 g/mol. The second-order valence-corrected chi connectivity index (χ2v) is 11.3. The van der Waals surface area contributed by atoms with E-state index in [1.54, 1.807) is 0 Å². The van der Waals surface area contributed by atoms with Crippen molar-refractivity contribution in [1.82, 2.24) is 29.7 Å². The summed E-state index contributed by atoms with van der Waals surface area (Å²) in [5.41, 5.74) is 7.99. The molecule has 2 heterocycles. The standard InChI is InChI=1S/C36H44N6/c1-6-9-26(4)42(19-8-3)25-36-38-23-34(40-36)32-17-16-30-20-29(14-15-31(30)21-32)27-10-12-28(13-11-27)33-22-37-35(39-33)24-41(5)18-7-2/h10-17,20-23H,4,6-9,18-19,24-25H2,1-3,5H3,(H,37,39)(H,38,40). The lowest BCUT2D eigenvalue weighted by Crippen LogP contribution is -2.23. The van der Waals surface area contributed by atoms with Gasteiger partial charge in [0.05, 0.1) is 36.9 Å². The van der Waals surface area contributed by atoms with Gasteiger partial charge in [-0.15, -0.1) is 0 Å². The molecular formula is C36H44N6. The van der Waals surface area contributed by atoms with Crippen LogP contribution in [0.4, 0.5) is 0 Å². The summed E-state index contributed by atoms with van der Waals surface area (Å²) in [5, 5.41) is 2.44. The number of nitrogens with one attached hydrogen (secondary N) is 2. The molecule has 5 rings (SSSR count). The molecule has 6 heteroatoms. The van der Waals surface area contributed by atoms with E-state index >= 15 is 0 Å². The number of aromatic amines is 2. The molecule has 0 saturated carbocycles. The second kappa shape index (κ2) is 13.7. The van der Waals surface area contributed by atoms with Crippen molar-refractivity contribution in [3.63, 3.8) is 0 Å². The lowest BCUT2D eigenvalue weighted by molar-refractivity contribution is 0.318.